The third-order valence-electron chi connectivity index (χ3n) is 4.18. The van der Waals surface area contributed by atoms with E-state index in [2.05, 4.69) is 14.5 Å². The van der Waals surface area contributed by atoms with Gasteiger partial charge in [-0.1, -0.05) is 22.7 Å². The first-order chi connectivity index (χ1) is 10.9. The summed E-state index contributed by atoms with van der Waals surface area (Å²) in [5.74, 6) is 0.455. The molecule has 1 N–H and O–H groups in total. The van der Waals surface area contributed by atoms with Crippen LogP contribution < -0.4 is 0 Å². The molecule has 8 heteroatoms. The van der Waals surface area contributed by atoms with E-state index in [4.69, 9.17) is 0 Å². The highest BCUT2D eigenvalue weighted by Crippen LogP contribution is 2.33. The highest BCUT2D eigenvalue weighted by atomic mass is 32.2. The number of aromatic hydroxyl groups is 1. The van der Waals surface area contributed by atoms with Gasteiger partial charge in [0, 0.05) is 35.8 Å². The molecule has 0 unspecified atom stereocenters. The first-order valence-electron chi connectivity index (χ1n) is 7.46. The second-order valence-corrected chi connectivity index (χ2v) is 8.86. The van der Waals surface area contributed by atoms with E-state index in [0.717, 1.165) is 43.0 Å². The molecule has 2 aromatic rings. The standard InChI is InChI=1S/C15H19N3O3S2/c1-23(20,21)15-14(16-17-22-15)11-6-8-18(9-7-11)10-12-4-2-3-5-13(12)19/h2-5,11,19H,6-10H2,1H3. The summed E-state index contributed by atoms with van der Waals surface area (Å²) in [4.78, 5) is 2.27. The maximum absolute atomic E-state index is 11.8. The SMILES string of the molecule is CS(=O)(=O)c1snnc1C1CCN(Cc2ccccc2O)CC1. The Bertz CT molecular complexity index is 781. The molecular weight excluding hydrogens is 334 g/mol. The molecule has 0 spiro atoms. The van der Waals surface area contributed by atoms with Gasteiger partial charge in [-0.2, -0.15) is 0 Å². The lowest BCUT2D eigenvalue weighted by atomic mass is 9.94. The predicted molar refractivity (Wildman–Crippen MR) is 88.4 cm³/mol. The van der Waals surface area contributed by atoms with Gasteiger partial charge in [-0.15, -0.1) is 5.10 Å². The van der Waals surface area contributed by atoms with Gasteiger partial charge in [0.15, 0.2) is 14.0 Å². The quantitative estimate of drug-likeness (QED) is 0.905. The molecule has 124 valence electrons. The number of nitrogens with zero attached hydrogens (tertiary/aromatic N) is 3. The summed E-state index contributed by atoms with van der Waals surface area (Å²) in [5, 5.41) is 13.9. The third kappa shape index (κ3) is 3.70. The molecule has 0 atom stereocenters. The van der Waals surface area contributed by atoms with Gasteiger partial charge < -0.3 is 5.11 Å². The lowest BCUT2D eigenvalue weighted by Crippen LogP contribution is -2.32. The summed E-state index contributed by atoms with van der Waals surface area (Å²) in [5.41, 5.74) is 1.54. The molecule has 0 aliphatic carbocycles. The number of sulfone groups is 1. The third-order valence-corrected chi connectivity index (χ3v) is 6.73. The van der Waals surface area contributed by atoms with Crippen molar-refractivity contribution in [2.24, 2.45) is 0 Å². The van der Waals surface area contributed by atoms with Gasteiger partial charge in [0.25, 0.3) is 0 Å². The van der Waals surface area contributed by atoms with Crippen LogP contribution in [0, 0.1) is 0 Å². The van der Waals surface area contributed by atoms with Crippen molar-refractivity contribution in [3.05, 3.63) is 35.5 Å². The fourth-order valence-corrected chi connectivity index (χ4v) is 4.68. The molecule has 6 nitrogen and oxygen atoms in total. The van der Waals surface area contributed by atoms with Crippen LogP contribution in [0.25, 0.3) is 0 Å². The number of hydrogen-bond acceptors (Lipinski definition) is 7. The Morgan fingerprint density at radius 3 is 2.65 bits per heavy atom. The zero-order valence-electron chi connectivity index (χ0n) is 12.8. The number of phenolic OH excluding ortho intramolecular Hbond substituents is 1. The van der Waals surface area contributed by atoms with Crippen molar-refractivity contribution >= 4 is 21.4 Å². The van der Waals surface area contributed by atoms with E-state index in [0.29, 0.717) is 22.2 Å². The van der Waals surface area contributed by atoms with Gasteiger partial charge in [0.2, 0.25) is 0 Å². The summed E-state index contributed by atoms with van der Waals surface area (Å²) in [6.07, 6.45) is 2.90. The van der Waals surface area contributed by atoms with Crippen LogP contribution in [0.15, 0.2) is 28.5 Å². The Morgan fingerprint density at radius 2 is 2.00 bits per heavy atom. The van der Waals surface area contributed by atoms with Crippen molar-refractivity contribution in [2.75, 3.05) is 19.3 Å². The van der Waals surface area contributed by atoms with Crippen molar-refractivity contribution in [1.29, 1.82) is 0 Å². The fraction of sp³-hybridized carbons (Fsp3) is 0.467. The molecule has 0 bridgehead atoms. The molecule has 0 saturated carbocycles. The summed E-state index contributed by atoms with van der Waals surface area (Å²) >= 11 is 0.960. The van der Waals surface area contributed by atoms with Crippen LogP contribution in [-0.4, -0.2) is 47.4 Å². The highest BCUT2D eigenvalue weighted by Gasteiger charge is 2.28. The molecule has 1 aromatic carbocycles. The number of para-hydroxylation sites is 1. The van der Waals surface area contributed by atoms with Gasteiger partial charge in [0.1, 0.15) is 5.75 Å². The average Bonchev–Trinajstić information content (AvgIpc) is 3.00. The number of likely N-dealkylation sites (tertiary alicyclic amines) is 1. The molecule has 0 amide bonds. The summed E-state index contributed by atoms with van der Waals surface area (Å²) < 4.78 is 27.7. The molecule has 1 saturated heterocycles. The number of aromatic nitrogens is 2. The van der Waals surface area contributed by atoms with Crippen LogP contribution in [0.4, 0.5) is 0 Å². The first-order valence-corrected chi connectivity index (χ1v) is 10.1. The topological polar surface area (TPSA) is 83.4 Å². The van der Waals surface area contributed by atoms with Crippen LogP contribution in [-0.2, 0) is 16.4 Å². The largest absolute Gasteiger partial charge is 0.508 e. The second-order valence-electron chi connectivity index (χ2n) is 5.90. The Kier molecular flexibility index (Phi) is 4.65. The maximum Gasteiger partial charge on any atom is 0.188 e. The van der Waals surface area contributed by atoms with Gasteiger partial charge in [-0.05, 0) is 32.0 Å². The molecule has 2 heterocycles. The van der Waals surface area contributed by atoms with Gasteiger partial charge in [0.05, 0.1) is 5.69 Å². The minimum absolute atomic E-state index is 0.138. The van der Waals surface area contributed by atoms with E-state index in [1.165, 1.54) is 6.26 Å². The maximum atomic E-state index is 11.8. The van der Waals surface area contributed by atoms with Gasteiger partial charge >= 0.3 is 0 Å². The highest BCUT2D eigenvalue weighted by molar-refractivity contribution is 7.92. The lowest BCUT2D eigenvalue weighted by molar-refractivity contribution is 0.200. The molecule has 3 rings (SSSR count). The molecule has 1 aliphatic rings. The molecule has 1 aliphatic heterocycles. The van der Waals surface area contributed by atoms with E-state index in [9.17, 15) is 13.5 Å². The van der Waals surface area contributed by atoms with Crippen molar-refractivity contribution in [1.82, 2.24) is 14.5 Å². The van der Waals surface area contributed by atoms with Crippen LogP contribution in [0.1, 0.15) is 30.0 Å². The van der Waals surface area contributed by atoms with Crippen LogP contribution >= 0.6 is 11.5 Å². The molecule has 0 radical (unpaired) electrons. The lowest BCUT2D eigenvalue weighted by Gasteiger charge is -2.31. The van der Waals surface area contributed by atoms with E-state index < -0.39 is 9.84 Å². The predicted octanol–water partition coefficient (Wildman–Crippen LogP) is 2.03. The van der Waals surface area contributed by atoms with Crippen molar-refractivity contribution in [3.8, 4) is 5.75 Å². The van der Waals surface area contributed by atoms with Gasteiger partial charge in [-0.3, -0.25) is 4.90 Å². The minimum Gasteiger partial charge on any atom is -0.508 e. The summed E-state index contributed by atoms with van der Waals surface area (Å²) in [6.45, 7) is 2.40. The molecule has 1 aromatic heterocycles. The van der Waals surface area contributed by atoms with Crippen LogP contribution in [0.3, 0.4) is 0 Å². The Hall–Kier alpha value is -1.51. The van der Waals surface area contributed by atoms with Crippen LogP contribution in [0.5, 0.6) is 5.75 Å². The normalized spacial score (nSPS) is 17.4. The van der Waals surface area contributed by atoms with Crippen molar-refractivity contribution < 1.29 is 13.5 Å². The van der Waals surface area contributed by atoms with Gasteiger partial charge in [-0.25, -0.2) is 8.42 Å². The zero-order valence-corrected chi connectivity index (χ0v) is 14.5. The Labute approximate surface area is 139 Å². The summed E-state index contributed by atoms with van der Waals surface area (Å²) in [7, 11) is -3.26. The number of benzene rings is 1. The number of piperidine rings is 1. The number of hydrogen-bond donors (Lipinski definition) is 1. The molecule has 1 fully saturated rings. The van der Waals surface area contributed by atoms with Crippen molar-refractivity contribution in [2.45, 2.75) is 29.5 Å². The van der Waals surface area contributed by atoms with Crippen LogP contribution in [0.2, 0.25) is 0 Å². The number of phenols is 1. The van der Waals surface area contributed by atoms with E-state index in [1.807, 2.05) is 18.2 Å². The minimum atomic E-state index is -3.26. The summed E-state index contributed by atoms with van der Waals surface area (Å²) in [6, 6.07) is 7.35. The number of rotatable bonds is 4. The van der Waals surface area contributed by atoms with E-state index in [-0.39, 0.29) is 5.92 Å². The first kappa shape index (κ1) is 16.4. The fourth-order valence-electron chi connectivity index (χ4n) is 2.94. The average molecular weight is 353 g/mol. The van der Waals surface area contributed by atoms with E-state index >= 15 is 0 Å². The monoisotopic (exact) mass is 353 g/mol. The Morgan fingerprint density at radius 1 is 1.30 bits per heavy atom. The molecule has 23 heavy (non-hydrogen) atoms. The van der Waals surface area contributed by atoms with Crippen molar-refractivity contribution in [3.63, 3.8) is 0 Å². The second kappa shape index (κ2) is 6.54. The Balaban J connectivity index is 1.65. The smallest absolute Gasteiger partial charge is 0.188 e. The molecular formula is C15H19N3O3S2. The van der Waals surface area contributed by atoms with E-state index in [1.54, 1.807) is 6.07 Å². The zero-order chi connectivity index (χ0) is 16.4.